The van der Waals surface area contributed by atoms with Gasteiger partial charge < -0.3 is 4.57 Å². The van der Waals surface area contributed by atoms with Gasteiger partial charge in [-0.05, 0) is 17.9 Å². The largest absolute Gasteiger partial charge is 0.322 e. The summed E-state index contributed by atoms with van der Waals surface area (Å²) >= 11 is 0. The summed E-state index contributed by atoms with van der Waals surface area (Å²) in [7, 11) is 0. The van der Waals surface area contributed by atoms with Gasteiger partial charge in [0, 0.05) is 13.0 Å². The number of imidazole rings is 1. The van der Waals surface area contributed by atoms with Crippen molar-refractivity contribution in [1.29, 1.82) is 0 Å². The average molecular weight is 290 g/mol. The van der Waals surface area contributed by atoms with Crippen molar-refractivity contribution in [1.82, 2.24) is 19.5 Å². The smallest absolute Gasteiger partial charge is 0.182 e. The summed E-state index contributed by atoms with van der Waals surface area (Å²) in [5.41, 5.74) is 3.59. The van der Waals surface area contributed by atoms with Crippen molar-refractivity contribution in [2.75, 3.05) is 0 Å². The fraction of sp³-hybridized carbons (Fsp3) is 0.278. The third-order valence-corrected chi connectivity index (χ3v) is 3.47. The molecule has 0 aliphatic heterocycles. The van der Waals surface area contributed by atoms with Gasteiger partial charge in [0.1, 0.15) is 17.5 Å². The van der Waals surface area contributed by atoms with Crippen molar-refractivity contribution in [2.24, 2.45) is 0 Å². The molecule has 3 rings (SSSR count). The Morgan fingerprint density at radius 2 is 1.95 bits per heavy atom. The fourth-order valence-electron chi connectivity index (χ4n) is 2.31. The maximum atomic E-state index is 4.36. The second kappa shape index (κ2) is 6.86. The zero-order chi connectivity index (χ0) is 15.2. The molecule has 0 aliphatic rings. The van der Waals surface area contributed by atoms with Gasteiger partial charge in [0.25, 0.3) is 0 Å². The third-order valence-electron chi connectivity index (χ3n) is 3.47. The molecule has 0 N–H and O–H groups in total. The molecule has 0 saturated carbocycles. The molecule has 4 heteroatoms. The summed E-state index contributed by atoms with van der Waals surface area (Å²) in [5, 5.41) is 0. The van der Waals surface area contributed by atoms with Gasteiger partial charge in [-0.2, -0.15) is 0 Å². The summed E-state index contributed by atoms with van der Waals surface area (Å²) in [6.07, 6.45) is 6.51. The van der Waals surface area contributed by atoms with Gasteiger partial charge in [-0.1, -0.05) is 49.6 Å². The Balaban J connectivity index is 1.95. The summed E-state index contributed by atoms with van der Waals surface area (Å²) in [5.74, 6) is 6.37. The highest BCUT2D eigenvalue weighted by molar-refractivity contribution is 5.76. The molecule has 0 bridgehead atoms. The van der Waals surface area contributed by atoms with Gasteiger partial charge in [-0.25, -0.2) is 15.0 Å². The first kappa shape index (κ1) is 14.3. The Morgan fingerprint density at radius 3 is 2.77 bits per heavy atom. The molecule has 0 amide bonds. The van der Waals surface area contributed by atoms with E-state index in [0.717, 1.165) is 37.0 Å². The molecule has 2 aromatic heterocycles. The SMILES string of the molecule is CCCCC#Cc1ncnc2ncn(Cc3ccccc3)c12. The van der Waals surface area contributed by atoms with Crippen molar-refractivity contribution in [3.63, 3.8) is 0 Å². The number of aromatic nitrogens is 4. The van der Waals surface area contributed by atoms with E-state index in [-0.39, 0.29) is 0 Å². The van der Waals surface area contributed by atoms with E-state index in [9.17, 15) is 0 Å². The second-order valence-electron chi connectivity index (χ2n) is 5.16. The molecular weight excluding hydrogens is 272 g/mol. The number of nitrogens with zero attached hydrogens (tertiary/aromatic N) is 4. The molecule has 0 atom stereocenters. The van der Waals surface area contributed by atoms with Crippen LogP contribution in [-0.4, -0.2) is 19.5 Å². The average Bonchev–Trinajstić information content (AvgIpc) is 2.96. The van der Waals surface area contributed by atoms with Crippen molar-refractivity contribution >= 4 is 11.2 Å². The number of rotatable bonds is 4. The molecule has 1 aromatic carbocycles. The normalized spacial score (nSPS) is 10.4. The van der Waals surface area contributed by atoms with Crippen LogP contribution in [0.1, 0.15) is 37.4 Å². The van der Waals surface area contributed by atoms with Crippen LogP contribution in [0.15, 0.2) is 43.0 Å². The summed E-state index contributed by atoms with van der Waals surface area (Å²) in [4.78, 5) is 12.9. The summed E-state index contributed by atoms with van der Waals surface area (Å²) in [6, 6.07) is 10.3. The highest BCUT2D eigenvalue weighted by Crippen LogP contribution is 2.15. The predicted molar refractivity (Wildman–Crippen MR) is 87.3 cm³/mol. The molecule has 3 aromatic rings. The molecule has 0 radical (unpaired) electrons. The first-order valence-electron chi connectivity index (χ1n) is 7.57. The highest BCUT2D eigenvalue weighted by Gasteiger charge is 2.09. The van der Waals surface area contributed by atoms with Crippen LogP contribution < -0.4 is 0 Å². The fourth-order valence-corrected chi connectivity index (χ4v) is 2.31. The van der Waals surface area contributed by atoms with E-state index in [4.69, 9.17) is 0 Å². The topological polar surface area (TPSA) is 43.6 Å². The van der Waals surface area contributed by atoms with Crippen LogP contribution in [0.4, 0.5) is 0 Å². The Kier molecular flexibility index (Phi) is 4.45. The maximum Gasteiger partial charge on any atom is 0.182 e. The van der Waals surface area contributed by atoms with Crippen LogP contribution in [-0.2, 0) is 6.54 Å². The van der Waals surface area contributed by atoms with E-state index in [1.165, 1.54) is 11.9 Å². The van der Waals surface area contributed by atoms with Crippen molar-refractivity contribution in [2.45, 2.75) is 32.7 Å². The van der Waals surface area contributed by atoms with Gasteiger partial charge in [-0.15, -0.1) is 0 Å². The Labute approximate surface area is 130 Å². The van der Waals surface area contributed by atoms with Crippen molar-refractivity contribution in [3.8, 4) is 11.8 Å². The molecule has 0 saturated heterocycles. The molecule has 22 heavy (non-hydrogen) atoms. The second-order valence-corrected chi connectivity index (χ2v) is 5.16. The van der Waals surface area contributed by atoms with Crippen molar-refractivity contribution < 1.29 is 0 Å². The summed E-state index contributed by atoms with van der Waals surface area (Å²) in [6.45, 7) is 2.91. The van der Waals surface area contributed by atoms with E-state index in [1.54, 1.807) is 0 Å². The van der Waals surface area contributed by atoms with Crippen LogP contribution >= 0.6 is 0 Å². The molecule has 4 nitrogen and oxygen atoms in total. The Bertz CT molecular complexity index is 809. The molecular formula is C18H18N4. The standard InChI is InChI=1S/C18H18N4/c1-2-3-4-8-11-16-17-18(20-13-19-16)21-14-22(17)12-15-9-6-5-7-10-15/h5-7,9-10,13-14H,2-4,12H2,1H3. The minimum Gasteiger partial charge on any atom is -0.322 e. The minimum atomic E-state index is 0.700. The lowest BCUT2D eigenvalue weighted by molar-refractivity contribution is 0.821. The molecule has 0 aliphatic carbocycles. The van der Waals surface area contributed by atoms with Gasteiger partial charge in [-0.3, -0.25) is 0 Å². The lowest BCUT2D eigenvalue weighted by atomic mass is 10.2. The van der Waals surface area contributed by atoms with Crippen LogP contribution in [0.5, 0.6) is 0 Å². The number of fused-ring (bicyclic) bond motifs is 1. The van der Waals surface area contributed by atoms with Crippen molar-refractivity contribution in [3.05, 3.63) is 54.2 Å². The maximum absolute atomic E-state index is 4.36. The Morgan fingerprint density at radius 1 is 1.09 bits per heavy atom. The quantitative estimate of drug-likeness (QED) is 0.546. The van der Waals surface area contributed by atoms with Crippen LogP contribution in [0.2, 0.25) is 0 Å². The molecule has 0 unspecified atom stereocenters. The lowest BCUT2D eigenvalue weighted by Gasteiger charge is -2.05. The zero-order valence-corrected chi connectivity index (χ0v) is 12.7. The summed E-state index contributed by atoms with van der Waals surface area (Å²) < 4.78 is 2.06. The van der Waals surface area contributed by atoms with E-state index < -0.39 is 0 Å². The highest BCUT2D eigenvalue weighted by atomic mass is 15.1. The van der Waals surface area contributed by atoms with Crippen LogP contribution in [0.25, 0.3) is 11.2 Å². The van der Waals surface area contributed by atoms with Gasteiger partial charge >= 0.3 is 0 Å². The zero-order valence-electron chi connectivity index (χ0n) is 12.7. The van der Waals surface area contributed by atoms with E-state index >= 15 is 0 Å². The van der Waals surface area contributed by atoms with Crippen LogP contribution in [0, 0.1) is 11.8 Å². The van der Waals surface area contributed by atoms with Gasteiger partial charge in [0.05, 0.1) is 6.33 Å². The molecule has 0 fully saturated rings. The third kappa shape index (κ3) is 3.15. The predicted octanol–water partition coefficient (Wildman–Crippen LogP) is 3.42. The molecule has 110 valence electrons. The van der Waals surface area contributed by atoms with Gasteiger partial charge in [0.2, 0.25) is 0 Å². The van der Waals surface area contributed by atoms with Gasteiger partial charge in [0.15, 0.2) is 5.65 Å². The first-order valence-corrected chi connectivity index (χ1v) is 7.57. The monoisotopic (exact) mass is 290 g/mol. The Hall–Kier alpha value is -2.67. The van der Waals surface area contributed by atoms with E-state index in [0.29, 0.717) is 5.65 Å². The number of unbranched alkanes of at least 4 members (excludes halogenated alkanes) is 2. The number of benzene rings is 1. The lowest BCUT2D eigenvalue weighted by Crippen LogP contribution is -2.00. The van der Waals surface area contributed by atoms with E-state index in [2.05, 4.69) is 50.4 Å². The number of hydrogen-bond acceptors (Lipinski definition) is 3. The van der Waals surface area contributed by atoms with Crippen LogP contribution in [0.3, 0.4) is 0 Å². The first-order chi connectivity index (χ1) is 10.9. The minimum absolute atomic E-state index is 0.700. The molecule has 2 heterocycles. The number of hydrogen-bond donors (Lipinski definition) is 0. The van der Waals surface area contributed by atoms with E-state index in [1.807, 2.05) is 24.5 Å². The molecule has 0 spiro atoms.